The van der Waals surface area contributed by atoms with Gasteiger partial charge in [-0.2, -0.15) is 15.5 Å². The number of halogens is 2. The van der Waals surface area contributed by atoms with E-state index in [0.717, 1.165) is 5.69 Å². The first-order chi connectivity index (χ1) is 14.3. The molecule has 1 amide bonds. The Balaban J connectivity index is 1.77. The van der Waals surface area contributed by atoms with Gasteiger partial charge in [0.25, 0.3) is 0 Å². The fourth-order valence-electron chi connectivity index (χ4n) is 4.07. The minimum absolute atomic E-state index is 0.0388. The van der Waals surface area contributed by atoms with E-state index < -0.39 is 10.8 Å². The fraction of sp³-hybridized carbons (Fsp3) is 0.381. The summed E-state index contributed by atoms with van der Waals surface area (Å²) in [6.07, 6.45) is 0.446. The van der Waals surface area contributed by atoms with Crippen LogP contribution in [0.25, 0.3) is 11.3 Å². The van der Waals surface area contributed by atoms with Gasteiger partial charge in [0.1, 0.15) is 22.5 Å². The van der Waals surface area contributed by atoms with E-state index in [0.29, 0.717) is 35.6 Å². The summed E-state index contributed by atoms with van der Waals surface area (Å²) < 4.78 is 13.4. The van der Waals surface area contributed by atoms with Crippen molar-refractivity contribution in [2.75, 3.05) is 11.4 Å². The number of alkyl halides is 1. The van der Waals surface area contributed by atoms with Crippen LogP contribution in [0.4, 0.5) is 10.1 Å². The molecule has 1 N–H and O–H groups in total. The number of amides is 1. The first kappa shape index (κ1) is 20.2. The van der Waals surface area contributed by atoms with Crippen LogP contribution in [0.1, 0.15) is 38.8 Å². The van der Waals surface area contributed by atoms with E-state index in [-0.39, 0.29) is 23.4 Å². The lowest BCUT2D eigenvalue weighted by atomic mass is 9.83. The molecule has 1 saturated heterocycles. The van der Waals surface area contributed by atoms with Crippen molar-refractivity contribution in [1.82, 2.24) is 10.2 Å². The summed E-state index contributed by atoms with van der Waals surface area (Å²) in [5.41, 5.74) is 3.21. The highest BCUT2D eigenvalue weighted by Crippen LogP contribution is 2.44. The molecule has 0 spiro atoms. The van der Waals surface area contributed by atoms with E-state index in [1.165, 1.54) is 12.1 Å². The molecule has 3 heterocycles. The van der Waals surface area contributed by atoms with Crippen LogP contribution in [-0.2, 0) is 4.79 Å². The maximum absolute atomic E-state index is 13.5. The molecule has 30 heavy (non-hydrogen) atoms. The highest BCUT2D eigenvalue weighted by Gasteiger charge is 2.55. The quantitative estimate of drug-likeness (QED) is 0.747. The van der Waals surface area contributed by atoms with Crippen LogP contribution in [0.5, 0.6) is 0 Å². The third-order valence-electron chi connectivity index (χ3n) is 5.70. The molecule has 0 radical (unpaired) electrons. The van der Waals surface area contributed by atoms with Crippen molar-refractivity contribution >= 4 is 34.6 Å². The molecule has 1 fully saturated rings. The molecular formula is C21H20ClFN6O. The van der Waals surface area contributed by atoms with Crippen molar-refractivity contribution in [1.29, 1.82) is 5.26 Å². The summed E-state index contributed by atoms with van der Waals surface area (Å²) in [5.74, 6) is -1.15. The molecule has 9 heteroatoms. The molecule has 2 atom stereocenters. The molecule has 0 saturated carbocycles. The molecule has 4 rings (SSSR count). The number of aromatic nitrogens is 2. The van der Waals surface area contributed by atoms with Gasteiger partial charge in [-0.25, -0.2) is 4.39 Å². The standard InChI is InChI=1S/C21H20ClFN6O/c1-11(2)17-19(18(28-27-17)13-4-6-14(23)7-5-13)29-9-8-15(20(29)30)21(22)12(3)25-26-16(21)10-24/h4-7,11,15H,8-9H2,1-3H3,(H,27,28). The number of H-pyrrole nitrogens is 1. The number of benzene rings is 1. The zero-order chi connectivity index (χ0) is 21.6. The molecule has 2 aliphatic heterocycles. The van der Waals surface area contributed by atoms with Gasteiger partial charge in [0, 0.05) is 12.1 Å². The number of hydrogen-bond acceptors (Lipinski definition) is 5. The second kappa shape index (κ2) is 7.33. The van der Waals surface area contributed by atoms with Crippen LogP contribution in [0, 0.1) is 23.1 Å². The normalized spacial score (nSPS) is 23.7. The van der Waals surface area contributed by atoms with Gasteiger partial charge < -0.3 is 4.90 Å². The van der Waals surface area contributed by atoms with Crippen molar-refractivity contribution < 1.29 is 9.18 Å². The Labute approximate surface area is 178 Å². The van der Waals surface area contributed by atoms with Crippen molar-refractivity contribution in [3.63, 3.8) is 0 Å². The van der Waals surface area contributed by atoms with Crippen molar-refractivity contribution in [3.8, 4) is 17.3 Å². The van der Waals surface area contributed by atoms with Gasteiger partial charge in [-0.3, -0.25) is 9.89 Å². The lowest BCUT2D eigenvalue weighted by Crippen LogP contribution is -2.47. The second-order valence-corrected chi connectivity index (χ2v) is 8.38. The zero-order valence-electron chi connectivity index (χ0n) is 16.8. The average molecular weight is 427 g/mol. The van der Waals surface area contributed by atoms with Crippen molar-refractivity contribution in [2.45, 2.75) is 38.0 Å². The Morgan fingerprint density at radius 1 is 1.33 bits per heavy atom. The van der Waals surface area contributed by atoms with Gasteiger partial charge in [0.2, 0.25) is 5.91 Å². The van der Waals surface area contributed by atoms with Crippen LogP contribution in [0.2, 0.25) is 0 Å². The molecule has 2 unspecified atom stereocenters. The van der Waals surface area contributed by atoms with Gasteiger partial charge >= 0.3 is 0 Å². The average Bonchev–Trinajstić information content (AvgIpc) is 3.39. The number of carbonyl (C=O) groups excluding carboxylic acids is 1. The summed E-state index contributed by atoms with van der Waals surface area (Å²) in [5, 5.41) is 24.7. The van der Waals surface area contributed by atoms with Crippen LogP contribution < -0.4 is 4.90 Å². The molecule has 2 aromatic rings. The highest BCUT2D eigenvalue weighted by atomic mass is 35.5. The zero-order valence-corrected chi connectivity index (χ0v) is 17.5. The molecule has 154 valence electrons. The van der Waals surface area contributed by atoms with Crippen molar-refractivity contribution in [3.05, 3.63) is 35.8 Å². The number of carbonyl (C=O) groups is 1. The second-order valence-electron chi connectivity index (χ2n) is 7.78. The van der Waals surface area contributed by atoms with Crippen LogP contribution >= 0.6 is 11.6 Å². The van der Waals surface area contributed by atoms with E-state index in [2.05, 4.69) is 20.4 Å². The summed E-state index contributed by atoms with van der Waals surface area (Å²) in [4.78, 5) is 13.9. The van der Waals surface area contributed by atoms with E-state index in [9.17, 15) is 14.4 Å². The minimum atomic E-state index is -1.33. The van der Waals surface area contributed by atoms with Crippen molar-refractivity contribution in [2.24, 2.45) is 16.1 Å². The number of nitriles is 1. The Kier molecular flexibility index (Phi) is 4.94. The minimum Gasteiger partial charge on any atom is -0.308 e. The highest BCUT2D eigenvalue weighted by molar-refractivity contribution is 6.53. The summed E-state index contributed by atoms with van der Waals surface area (Å²) in [7, 11) is 0. The maximum Gasteiger partial charge on any atom is 0.232 e. The van der Waals surface area contributed by atoms with Gasteiger partial charge in [-0.05, 0) is 43.5 Å². The number of anilines is 1. The third-order valence-corrected chi connectivity index (χ3v) is 6.41. The SMILES string of the molecule is CC1=NN=C(C#N)C1(Cl)C1CCN(c2c(-c3ccc(F)cc3)n[nH]c2C(C)C)C1=O. The third kappa shape index (κ3) is 2.92. The fourth-order valence-corrected chi connectivity index (χ4v) is 4.39. The number of rotatable bonds is 4. The van der Waals surface area contributed by atoms with Gasteiger partial charge in [-0.15, -0.1) is 16.7 Å². The predicted octanol–water partition coefficient (Wildman–Crippen LogP) is 4.02. The smallest absolute Gasteiger partial charge is 0.232 e. The number of hydrogen-bond donors (Lipinski definition) is 1. The van der Waals surface area contributed by atoms with Gasteiger partial charge in [0.05, 0.1) is 23.0 Å². The monoisotopic (exact) mass is 426 g/mol. The summed E-state index contributed by atoms with van der Waals surface area (Å²) >= 11 is 6.79. The molecule has 7 nitrogen and oxygen atoms in total. The number of nitrogens with zero attached hydrogens (tertiary/aromatic N) is 5. The summed E-state index contributed by atoms with van der Waals surface area (Å²) in [6.45, 7) is 6.09. The molecular weight excluding hydrogens is 407 g/mol. The van der Waals surface area contributed by atoms with Gasteiger partial charge in [-0.1, -0.05) is 13.8 Å². The molecule has 1 aromatic heterocycles. The van der Waals surface area contributed by atoms with Crippen LogP contribution in [0.3, 0.4) is 0 Å². The summed E-state index contributed by atoms with van der Waals surface area (Å²) in [6, 6.07) is 7.97. The van der Waals surface area contributed by atoms with Gasteiger partial charge in [0.15, 0.2) is 5.71 Å². The molecule has 2 aliphatic rings. The van der Waals surface area contributed by atoms with E-state index in [1.54, 1.807) is 24.0 Å². The van der Waals surface area contributed by atoms with E-state index in [1.807, 2.05) is 19.9 Å². The first-order valence-electron chi connectivity index (χ1n) is 9.66. The molecule has 1 aromatic carbocycles. The lowest BCUT2D eigenvalue weighted by Gasteiger charge is -2.27. The van der Waals surface area contributed by atoms with E-state index >= 15 is 0 Å². The van der Waals surface area contributed by atoms with Crippen LogP contribution in [0.15, 0.2) is 34.5 Å². The van der Waals surface area contributed by atoms with E-state index in [4.69, 9.17) is 11.6 Å². The largest absolute Gasteiger partial charge is 0.308 e. The molecule has 0 bridgehead atoms. The maximum atomic E-state index is 13.5. The number of aromatic amines is 1. The molecule has 0 aliphatic carbocycles. The number of nitrogens with one attached hydrogen (secondary N) is 1. The van der Waals surface area contributed by atoms with Crippen LogP contribution in [-0.4, -0.2) is 38.9 Å². The predicted molar refractivity (Wildman–Crippen MR) is 113 cm³/mol. The Bertz CT molecular complexity index is 1110. The lowest BCUT2D eigenvalue weighted by molar-refractivity contribution is -0.120. The first-order valence-corrected chi connectivity index (χ1v) is 10.0. The Morgan fingerprint density at radius 2 is 2.03 bits per heavy atom. The Hall–Kier alpha value is -3.05. The topological polar surface area (TPSA) is 97.5 Å². The Morgan fingerprint density at radius 3 is 2.67 bits per heavy atom.